The van der Waals surface area contributed by atoms with Gasteiger partial charge in [0, 0.05) is 12.1 Å². The van der Waals surface area contributed by atoms with Gasteiger partial charge in [-0.3, -0.25) is 9.59 Å². The second-order valence-corrected chi connectivity index (χ2v) is 4.62. The average Bonchev–Trinajstić information content (AvgIpc) is 2.53. The van der Waals surface area contributed by atoms with E-state index in [1.165, 1.54) is 0 Å². The maximum Gasteiger partial charge on any atom is 0.252 e. The Hall–Kier alpha value is -2.66. The number of nitrogens with two attached hydrogens (primary N) is 2. The van der Waals surface area contributed by atoms with Crippen LogP contribution in [0.2, 0.25) is 0 Å². The van der Waals surface area contributed by atoms with Crippen LogP contribution in [0.4, 0.5) is 0 Å². The molecule has 0 bridgehead atoms. The molecule has 0 saturated carbocycles. The Labute approximate surface area is 123 Å². The van der Waals surface area contributed by atoms with E-state index in [-0.39, 0.29) is 5.91 Å². The minimum Gasteiger partial charge on any atom is -0.368 e. The highest BCUT2D eigenvalue weighted by atomic mass is 16.2. The van der Waals surface area contributed by atoms with Crippen molar-refractivity contribution in [3.8, 4) is 0 Å². The molecule has 0 fully saturated rings. The lowest BCUT2D eigenvalue weighted by Crippen LogP contribution is -2.37. The third kappa shape index (κ3) is 3.67. The number of hydrogen-bond acceptors (Lipinski definition) is 3. The van der Waals surface area contributed by atoms with E-state index in [9.17, 15) is 9.59 Å². The molecule has 0 saturated heterocycles. The molecule has 0 aliphatic heterocycles. The number of hydrogen-bond donors (Lipinski definition) is 3. The van der Waals surface area contributed by atoms with E-state index < -0.39 is 11.9 Å². The van der Waals surface area contributed by atoms with Gasteiger partial charge in [0.15, 0.2) is 0 Å². The summed E-state index contributed by atoms with van der Waals surface area (Å²) in [6.07, 6.45) is 0. The van der Waals surface area contributed by atoms with Crippen LogP contribution in [0.3, 0.4) is 0 Å². The van der Waals surface area contributed by atoms with Crippen LogP contribution in [0.1, 0.15) is 27.5 Å². The topological polar surface area (TPSA) is 98.2 Å². The molecule has 0 aromatic heterocycles. The molecule has 2 aromatic rings. The second kappa shape index (κ2) is 6.67. The molecular formula is C16H17N3O2. The van der Waals surface area contributed by atoms with Crippen molar-refractivity contribution < 1.29 is 9.59 Å². The summed E-state index contributed by atoms with van der Waals surface area (Å²) >= 11 is 0. The molecule has 2 rings (SSSR count). The van der Waals surface area contributed by atoms with Crippen LogP contribution >= 0.6 is 0 Å². The lowest BCUT2D eigenvalue weighted by Gasteiger charge is -2.16. The van der Waals surface area contributed by atoms with Crippen LogP contribution in [0.25, 0.3) is 0 Å². The van der Waals surface area contributed by atoms with Crippen molar-refractivity contribution in [2.24, 2.45) is 11.5 Å². The molecule has 0 heterocycles. The molecule has 1 atom stereocenters. The predicted molar refractivity (Wildman–Crippen MR) is 80.2 cm³/mol. The number of carbonyl (C=O) groups excluding carboxylic acids is 2. The summed E-state index contributed by atoms with van der Waals surface area (Å²) in [5.41, 5.74) is 12.9. The van der Waals surface area contributed by atoms with Gasteiger partial charge in [0.1, 0.15) is 6.04 Å². The first kappa shape index (κ1) is 14.7. The third-order valence-electron chi connectivity index (χ3n) is 3.14. The third-order valence-corrected chi connectivity index (χ3v) is 3.14. The van der Waals surface area contributed by atoms with Crippen molar-refractivity contribution in [2.45, 2.75) is 12.6 Å². The molecule has 5 nitrogen and oxygen atoms in total. The van der Waals surface area contributed by atoms with Gasteiger partial charge >= 0.3 is 0 Å². The normalized spacial score (nSPS) is 11.7. The Bertz CT molecular complexity index is 624. The first-order chi connectivity index (χ1) is 10.1. The van der Waals surface area contributed by atoms with E-state index in [0.29, 0.717) is 17.7 Å². The van der Waals surface area contributed by atoms with E-state index >= 15 is 0 Å². The van der Waals surface area contributed by atoms with Crippen LogP contribution in [-0.2, 0) is 11.3 Å². The van der Waals surface area contributed by atoms with Gasteiger partial charge in [-0.05, 0) is 23.3 Å². The van der Waals surface area contributed by atoms with Gasteiger partial charge in [0.25, 0.3) is 5.91 Å². The largest absolute Gasteiger partial charge is 0.368 e. The number of nitrogens with one attached hydrogen (secondary N) is 1. The highest BCUT2D eigenvalue weighted by molar-refractivity contribution is 5.97. The molecule has 0 aliphatic carbocycles. The monoisotopic (exact) mass is 283 g/mol. The maximum absolute atomic E-state index is 12.2. The molecule has 5 heteroatoms. The summed E-state index contributed by atoms with van der Waals surface area (Å²) in [6, 6.07) is 14.9. The number of amides is 2. The lowest BCUT2D eigenvalue weighted by atomic mass is 10.1. The Balaban J connectivity index is 2.16. The van der Waals surface area contributed by atoms with Gasteiger partial charge in [-0.1, -0.05) is 42.5 Å². The summed E-state index contributed by atoms with van der Waals surface area (Å²) in [5.74, 6) is -0.959. The summed E-state index contributed by atoms with van der Waals surface area (Å²) in [7, 11) is 0. The Morgan fingerprint density at radius 1 is 1.00 bits per heavy atom. The average molecular weight is 283 g/mol. The summed E-state index contributed by atoms with van der Waals surface area (Å²) in [4.78, 5) is 23.7. The van der Waals surface area contributed by atoms with E-state index in [4.69, 9.17) is 11.5 Å². The zero-order valence-corrected chi connectivity index (χ0v) is 11.5. The van der Waals surface area contributed by atoms with Crippen molar-refractivity contribution in [3.05, 3.63) is 71.3 Å². The number of benzene rings is 2. The first-order valence-corrected chi connectivity index (χ1v) is 6.56. The summed E-state index contributed by atoms with van der Waals surface area (Å²) < 4.78 is 0. The number of primary amides is 1. The van der Waals surface area contributed by atoms with Crippen LogP contribution in [0.5, 0.6) is 0 Å². The van der Waals surface area contributed by atoms with Crippen molar-refractivity contribution in [2.75, 3.05) is 0 Å². The highest BCUT2D eigenvalue weighted by Crippen LogP contribution is 2.13. The van der Waals surface area contributed by atoms with Gasteiger partial charge in [-0.25, -0.2) is 0 Å². The minimum absolute atomic E-state index is 0.355. The number of carbonyl (C=O) groups is 2. The Morgan fingerprint density at radius 3 is 2.14 bits per heavy atom. The van der Waals surface area contributed by atoms with Crippen LogP contribution in [0.15, 0.2) is 54.6 Å². The Kier molecular flexibility index (Phi) is 4.68. The second-order valence-electron chi connectivity index (χ2n) is 4.62. The van der Waals surface area contributed by atoms with E-state index in [1.807, 2.05) is 6.07 Å². The van der Waals surface area contributed by atoms with E-state index in [0.717, 1.165) is 5.56 Å². The van der Waals surface area contributed by atoms with E-state index in [2.05, 4.69) is 5.32 Å². The van der Waals surface area contributed by atoms with Crippen LogP contribution < -0.4 is 16.8 Å². The molecule has 1 unspecified atom stereocenters. The minimum atomic E-state index is -0.854. The van der Waals surface area contributed by atoms with Gasteiger partial charge in [0.05, 0.1) is 0 Å². The lowest BCUT2D eigenvalue weighted by molar-refractivity contribution is -0.120. The molecule has 21 heavy (non-hydrogen) atoms. The van der Waals surface area contributed by atoms with Gasteiger partial charge in [-0.15, -0.1) is 0 Å². The van der Waals surface area contributed by atoms with Crippen molar-refractivity contribution in [1.82, 2.24) is 5.32 Å². The van der Waals surface area contributed by atoms with Crippen LogP contribution in [-0.4, -0.2) is 11.8 Å². The fraction of sp³-hybridized carbons (Fsp3) is 0.125. The van der Waals surface area contributed by atoms with Gasteiger partial charge in [-0.2, -0.15) is 0 Å². The van der Waals surface area contributed by atoms with E-state index in [1.54, 1.807) is 48.5 Å². The molecule has 108 valence electrons. The standard InChI is InChI=1S/C16H17N3O2/c17-10-11-6-8-13(9-7-11)16(21)19-14(15(18)20)12-4-2-1-3-5-12/h1-9,14H,10,17H2,(H2,18,20)(H,19,21). The smallest absolute Gasteiger partial charge is 0.252 e. The molecule has 0 radical (unpaired) electrons. The molecule has 2 aromatic carbocycles. The zero-order valence-electron chi connectivity index (χ0n) is 11.5. The van der Waals surface area contributed by atoms with Crippen molar-refractivity contribution >= 4 is 11.8 Å². The summed E-state index contributed by atoms with van der Waals surface area (Å²) in [5, 5.41) is 2.64. The predicted octanol–water partition coefficient (Wildman–Crippen LogP) is 1.10. The quantitative estimate of drug-likeness (QED) is 0.766. The first-order valence-electron chi connectivity index (χ1n) is 6.56. The SMILES string of the molecule is NCc1ccc(C(=O)NC(C(N)=O)c2ccccc2)cc1. The Morgan fingerprint density at radius 2 is 1.62 bits per heavy atom. The molecule has 5 N–H and O–H groups in total. The summed E-state index contributed by atoms with van der Waals surface area (Å²) in [6.45, 7) is 0.413. The fourth-order valence-corrected chi connectivity index (χ4v) is 1.97. The fourth-order valence-electron chi connectivity index (χ4n) is 1.97. The highest BCUT2D eigenvalue weighted by Gasteiger charge is 2.20. The van der Waals surface area contributed by atoms with Crippen molar-refractivity contribution in [3.63, 3.8) is 0 Å². The van der Waals surface area contributed by atoms with Crippen molar-refractivity contribution in [1.29, 1.82) is 0 Å². The molecule has 0 spiro atoms. The van der Waals surface area contributed by atoms with Gasteiger partial charge in [0.2, 0.25) is 5.91 Å². The van der Waals surface area contributed by atoms with Gasteiger partial charge < -0.3 is 16.8 Å². The molecule has 0 aliphatic rings. The van der Waals surface area contributed by atoms with Crippen LogP contribution in [0, 0.1) is 0 Å². The molecule has 2 amide bonds. The number of rotatable bonds is 5. The maximum atomic E-state index is 12.2. The zero-order chi connectivity index (χ0) is 15.2. The molecular weight excluding hydrogens is 266 g/mol.